The SMILES string of the molecule is CC(C)(C)OC(=O)N1[C@H](COC(c2ccccc2)(c2ccccc2)c2ccccc2)[C@@H](c2ccc(Br)cc2)C12CN(S(=O)(=O)c1ccccc1[N+](=O)[O-])C2. The molecule has 1 spiro atoms. The minimum absolute atomic E-state index is 0.0529. The van der Waals surface area contributed by atoms with Crippen LogP contribution in [0.2, 0.25) is 0 Å². The topological polar surface area (TPSA) is 119 Å². The number of halogens is 1. The van der Waals surface area contributed by atoms with Crippen LogP contribution < -0.4 is 0 Å². The number of amides is 1. The maximum Gasteiger partial charge on any atom is 0.411 e. The number of hydrogen-bond donors (Lipinski definition) is 0. The molecule has 54 heavy (non-hydrogen) atoms. The van der Waals surface area contributed by atoms with Crippen molar-refractivity contribution in [3.63, 3.8) is 0 Å². The summed E-state index contributed by atoms with van der Waals surface area (Å²) in [7, 11) is -4.31. The summed E-state index contributed by atoms with van der Waals surface area (Å²) in [5.74, 6) is -0.393. The first-order chi connectivity index (χ1) is 25.8. The first kappa shape index (κ1) is 37.4. The van der Waals surface area contributed by atoms with E-state index in [-0.39, 0.29) is 19.7 Å². The molecule has 2 atom stereocenters. The van der Waals surface area contributed by atoms with Crippen LogP contribution in [0.5, 0.6) is 0 Å². The van der Waals surface area contributed by atoms with Gasteiger partial charge in [0.25, 0.3) is 5.69 Å². The first-order valence-electron chi connectivity index (χ1n) is 17.6. The second-order valence-electron chi connectivity index (χ2n) is 14.6. The molecule has 10 nitrogen and oxygen atoms in total. The molecule has 0 aliphatic carbocycles. The molecule has 2 heterocycles. The molecule has 0 radical (unpaired) electrons. The van der Waals surface area contributed by atoms with Crippen LogP contribution in [0.3, 0.4) is 0 Å². The Bertz CT molecular complexity index is 2150. The fourth-order valence-electron chi connectivity index (χ4n) is 7.93. The van der Waals surface area contributed by atoms with E-state index in [1.807, 2.05) is 115 Å². The van der Waals surface area contributed by atoms with Gasteiger partial charge < -0.3 is 9.47 Å². The number of nitro benzene ring substituents is 1. The summed E-state index contributed by atoms with van der Waals surface area (Å²) in [5.41, 5.74) is 0.0919. The van der Waals surface area contributed by atoms with Crippen molar-refractivity contribution in [3.8, 4) is 0 Å². The van der Waals surface area contributed by atoms with Gasteiger partial charge in [0.05, 0.1) is 23.1 Å². The molecule has 0 N–H and O–H groups in total. The normalized spacial score (nSPS) is 18.4. The van der Waals surface area contributed by atoms with Crippen LogP contribution in [-0.4, -0.2) is 65.5 Å². The number of ether oxygens (including phenoxy) is 2. The summed E-state index contributed by atoms with van der Waals surface area (Å²) in [6, 6.07) is 42.3. The Morgan fingerprint density at radius 2 is 1.28 bits per heavy atom. The molecule has 0 aromatic heterocycles. The van der Waals surface area contributed by atoms with Crippen LogP contribution in [-0.2, 0) is 25.1 Å². The van der Waals surface area contributed by atoms with Gasteiger partial charge in [-0.15, -0.1) is 0 Å². The van der Waals surface area contributed by atoms with Crippen LogP contribution in [0, 0.1) is 10.1 Å². The second-order valence-corrected chi connectivity index (χ2v) is 17.5. The maximum atomic E-state index is 14.4. The zero-order chi connectivity index (χ0) is 38.3. The third-order valence-corrected chi connectivity index (χ3v) is 12.6. The summed E-state index contributed by atoms with van der Waals surface area (Å²) < 4.78 is 43.4. The van der Waals surface area contributed by atoms with Crippen molar-refractivity contribution >= 4 is 37.7 Å². The lowest BCUT2D eigenvalue weighted by Crippen LogP contribution is -2.86. The van der Waals surface area contributed by atoms with Gasteiger partial charge in [-0.2, -0.15) is 4.31 Å². The third-order valence-electron chi connectivity index (χ3n) is 10.2. The molecule has 2 fully saturated rings. The van der Waals surface area contributed by atoms with Crippen molar-refractivity contribution in [1.29, 1.82) is 0 Å². The number of carbonyl (C=O) groups is 1. The van der Waals surface area contributed by atoms with Gasteiger partial charge >= 0.3 is 6.09 Å². The zero-order valence-electron chi connectivity index (χ0n) is 30.0. The number of nitro groups is 1. The fourth-order valence-corrected chi connectivity index (χ4v) is 9.92. The van der Waals surface area contributed by atoms with E-state index in [4.69, 9.17) is 9.47 Å². The van der Waals surface area contributed by atoms with Gasteiger partial charge in [0, 0.05) is 29.5 Å². The van der Waals surface area contributed by atoms with Crippen molar-refractivity contribution in [3.05, 3.63) is 176 Å². The molecule has 1 amide bonds. The fraction of sp³-hybridized carbons (Fsp3) is 0.262. The Hall–Kier alpha value is -4.88. The van der Waals surface area contributed by atoms with E-state index in [1.54, 1.807) is 25.7 Å². The third kappa shape index (κ3) is 6.61. The lowest BCUT2D eigenvalue weighted by atomic mass is 9.61. The summed E-state index contributed by atoms with van der Waals surface area (Å²) in [6.07, 6.45) is -0.600. The van der Waals surface area contributed by atoms with Crippen LogP contribution in [0.25, 0.3) is 0 Å². The number of benzene rings is 5. The predicted octanol–water partition coefficient (Wildman–Crippen LogP) is 8.51. The Labute approximate surface area is 323 Å². The second kappa shape index (κ2) is 14.4. The van der Waals surface area contributed by atoms with Gasteiger partial charge in [0.15, 0.2) is 4.90 Å². The zero-order valence-corrected chi connectivity index (χ0v) is 32.4. The summed E-state index contributed by atoms with van der Waals surface area (Å²) in [4.78, 5) is 26.8. The van der Waals surface area contributed by atoms with Crippen molar-refractivity contribution in [2.75, 3.05) is 19.7 Å². The highest BCUT2D eigenvalue weighted by atomic mass is 79.9. The largest absolute Gasteiger partial charge is 0.444 e. The standard InChI is InChI=1S/C42H40BrN3O7S/c1-40(2,3)53-39(47)45-36(27-52-42(31-15-7-4-8-16-31,32-17-9-5-10-18-32)33-19-11-6-12-20-33)38(30-23-25-34(43)26-24-30)41(45)28-44(29-41)54(50,51)37-22-14-13-21-35(37)46(48)49/h4-26,36,38H,27-29H2,1-3H3/t36-,38-/m1/s1. The van der Waals surface area contributed by atoms with E-state index in [1.165, 1.54) is 28.6 Å². The smallest absolute Gasteiger partial charge is 0.411 e. The summed E-state index contributed by atoms with van der Waals surface area (Å²) in [5, 5.41) is 11.9. The number of rotatable bonds is 10. The quantitative estimate of drug-likeness (QED) is 0.0789. The molecule has 12 heteroatoms. The molecular weight excluding hydrogens is 770 g/mol. The van der Waals surface area contributed by atoms with Crippen molar-refractivity contribution in [2.45, 2.75) is 54.4 Å². The van der Waals surface area contributed by atoms with Gasteiger partial charge in [-0.05, 0) is 61.2 Å². The minimum Gasteiger partial charge on any atom is -0.444 e. The summed E-state index contributed by atoms with van der Waals surface area (Å²) >= 11 is 3.54. The van der Waals surface area contributed by atoms with Crippen molar-refractivity contribution < 1.29 is 27.6 Å². The van der Waals surface area contributed by atoms with E-state index in [2.05, 4.69) is 15.9 Å². The molecule has 5 aromatic rings. The van der Waals surface area contributed by atoms with E-state index < -0.39 is 60.3 Å². The lowest BCUT2D eigenvalue weighted by Gasteiger charge is -2.69. The molecule has 2 aliphatic rings. The number of sulfonamides is 1. The highest BCUT2D eigenvalue weighted by Crippen LogP contribution is 2.56. The molecular formula is C42H40BrN3O7S. The highest BCUT2D eigenvalue weighted by molar-refractivity contribution is 9.10. The van der Waals surface area contributed by atoms with E-state index >= 15 is 0 Å². The number of para-hydroxylation sites is 1. The average Bonchev–Trinajstić information content (AvgIpc) is 3.13. The van der Waals surface area contributed by atoms with Crippen LogP contribution >= 0.6 is 15.9 Å². The number of carbonyl (C=O) groups excluding carboxylic acids is 1. The van der Waals surface area contributed by atoms with Gasteiger partial charge in [-0.3, -0.25) is 15.0 Å². The Morgan fingerprint density at radius 3 is 1.76 bits per heavy atom. The lowest BCUT2D eigenvalue weighted by molar-refractivity contribution is -0.387. The van der Waals surface area contributed by atoms with Crippen LogP contribution in [0.15, 0.2) is 149 Å². The molecule has 7 rings (SSSR count). The van der Waals surface area contributed by atoms with Crippen LogP contribution in [0.1, 0.15) is 48.9 Å². The number of likely N-dealkylation sites (tertiary alicyclic amines) is 1. The molecule has 278 valence electrons. The van der Waals surface area contributed by atoms with E-state index in [0.717, 1.165) is 26.7 Å². The number of nitrogens with zero attached hydrogens (tertiary/aromatic N) is 3. The van der Waals surface area contributed by atoms with Gasteiger partial charge in [0.2, 0.25) is 10.0 Å². The monoisotopic (exact) mass is 809 g/mol. The molecule has 2 aliphatic heterocycles. The van der Waals surface area contributed by atoms with E-state index in [9.17, 15) is 23.3 Å². The molecule has 0 unspecified atom stereocenters. The minimum atomic E-state index is -4.31. The van der Waals surface area contributed by atoms with Gasteiger partial charge in [0.1, 0.15) is 11.2 Å². The Balaban J connectivity index is 1.33. The molecule has 0 bridgehead atoms. The van der Waals surface area contributed by atoms with Crippen LogP contribution in [0.4, 0.5) is 10.5 Å². The number of hydrogen-bond acceptors (Lipinski definition) is 7. The van der Waals surface area contributed by atoms with Gasteiger partial charge in [-0.25, -0.2) is 13.2 Å². The Morgan fingerprint density at radius 1 is 0.796 bits per heavy atom. The van der Waals surface area contributed by atoms with Crippen molar-refractivity contribution in [1.82, 2.24) is 9.21 Å². The van der Waals surface area contributed by atoms with E-state index in [0.29, 0.717) is 0 Å². The Kier molecular flexibility index (Phi) is 9.99. The molecule has 0 saturated carbocycles. The maximum absolute atomic E-state index is 14.4. The molecule has 5 aromatic carbocycles. The molecule has 2 saturated heterocycles. The first-order valence-corrected chi connectivity index (χ1v) is 19.8. The average molecular weight is 811 g/mol. The van der Waals surface area contributed by atoms with Crippen molar-refractivity contribution in [2.24, 2.45) is 0 Å². The summed E-state index contributed by atoms with van der Waals surface area (Å²) in [6.45, 7) is 5.21. The van der Waals surface area contributed by atoms with Gasteiger partial charge in [-0.1, -0.05) is 131 Å². The predicted molar refractivity (Wildman–Crippen MR) is 208 cm³/mol. The highest BCUT2D eigenvalue weighted by Gasteiger charge is 2.70.